The minimum absolute atomic E-state index is 0.145. The third-order valence-corrected chi connectivity index (χ3v) is 3.73. The summed E-state index contributed by atoms with van der Waals surface area (Å²) in [7, 11) is 4.27. The van der Waals surface area contributed by atoms with Crippen molar-refractivity contribution in [3.05, 3.63) is 47.5 Å². The zero-order chi connectivity index (χ0) is 20.7. The number of hydrogen-bond acceptors (Lipinski definition) is 6. The fraction of sp³-hybridized carbons (Fsp3) is 0.211. The van der Waals surface area contributed by atoms with E-state index in [1.807, 2.05) is 0 Å². The Morgan fingerprint density at radius 2 is 1.61 bits per heavy atom. The van der Waals surface area contributed by atoms with Gasteiger partial charge in [-0.3, -0.25) is 14.4 Å². The average molecular weight is 387 g/mol. The van der Waals surface area contributed by atoms with Gasteiger partial charge in [-0.2, -0.15) is 0 Å². The number of anilines is 1. The zero-order valence-corrected chi connectivity index (χ0v) is 15.7. The predicted octanol–water partition coefficient (Wildman–Crippen LogP) is 1.18. The van der Waals surface area contributed by atoms with Gasteiger partial charge in [-0.05, 0) is 24.3 Å². The molecule has 4 N–H and O–H groups in total. The number of rotatable bonds is 8. The van der Waals surface area contributed by atoms with Crippen molar-refractivity contribution in [2.45, 2.75) is 0 Å². The molecule has 28 heavy (non-hydrogen) atoms. The van der Waals surface area contributed by atoms with Gasteiger partial charge in [-0.25, -0.2) is 0 Å². The fourth-order valence-corrected chi connectivity index (χ4v) is 2.42. The molecule has 3 amide bonds. The lowest BCUT2D eigenvalue weighted by Gasteiger charge is -2.16. The van der Waals surface area contributed by atoms with Crippen molar-refractivity contribution in [2.24, 2.45) is 5.73 Å². The molecule has 0 saturated carbocycles. The van der Waals surface area contributed by atoms with Crippen LogP contribution in [0.25, 0.3) is 0 Å². The van der Waals surface area contributed by atoms with Crippen LogP contribution in [-0.4, -0.2) is 45.6 Å². The minimum atomic E-state index is -0.670. The normalized spacial score (nSPS) is 9.96. The molecule has 0 heterocycles. The number of amides is 3. The number of para-hydroxylation sites is 1. The smallest absolute Gasteiger partial charge is 0.255 e. The van der Waals surface area contributed by atoms with E-state index >= 15 is 0 Å². The van der Waals surface area contributed by atoms with Gasteiger partial charge in [0.05, 0.1) is 25.5 Å². The molecule has 148 valence electrons. The van der Waals surface area contributed by atoms with Crippen molar-refractivity contribution in [1.29, 1.82) is 0 Å². The number of ether oxygens (including phenoxy) is 3. The Labute approximate surface area is 161 Å². The molecule has 2 aromatic rings. The lowest BCUT2D eigenvalue weighted by molar-refractivity contribution is -0.120. The molecule has 9 nitrogen and oxygen atoms in total. The van der Waals surface area contributed by atoms with Gasteiger partial charge in [0.15, 0.2) is 18.1 Å². The molecule has 0 radical (unpaired) electrons. The van der Waals surface area contributed by atoms with Gasteiger partial charge in [0.2, 0.25) is 5.75 Å². The van der Waals surface area contributed by atoms with E-state index in [0.717, 1.165) is 0 Å². The summed E-state index contributed by atoms with van der Waals surface area (Å²) in [5.74, 6) is -0.978. The van der Waals surface area contributed by atoms with Crippen LogP contribution in [0, 0.1) is 0 Å². The quantitative estimate of drug-likeness (QED) is 0.624. The molecule has 9 heteroatoms. The second-order valence-corrected chi connectivity index (χ2v) is 5.54. The lowest BCUT2D eigenvalue weighted by Crippen LogP contribution is -2.22. The van der Waals surface area contributed by atoms with Crippen molar-refractivity contribution >= 4 is 23.4 Å². The molecule has 2 aromatic carbocycles. The summed E-state index contributed by atoms with van der Waals surface area (Å²) in [5.41, 5.74) is 5.96. The highest BCUT2D eigenvalue weighted by Crippen LogP contribution is 2.38. The zero-order valence-electron chi connectivity index (χ0n) is 15.7. The van der Waals surface area contributed by atoms with Crippen molar-refractivity contribution in [2.75, 3.05) is 33.2 Å². The average Bonchev–Trinajstić information content (AvgIpc) is 2.71. The van der Waals surface area contributed by atoms with Crippen LogP contribution in [-0.2, 0) is 4.79 Å². The van der Waals surface area contributed by atoms with Crippen LogP contribution in [0.2, 0.25) is 0 Å². The molecule has 0 fully saturated rings. The second kappa shape index (κ2) is 9.26. The van der Waals surface area contributed by atoms with Crippen LogP contribution in [0.15, 0.2) is 36.4 Å². The maximum absolute atomic E-state index is 12.7. The third kappa shape index (κ3) is 4.70. The van der Waals surface area contributed by atoms with Gasteiger partial charge in [0.1, 0.15) is 0 Å². The van der Waals surface area contributed by atoms with Gasteiger partial charge < -0.3 is 30.6 Å². The first-order valence-electron chi connectivity index (χ1n) is 8.20. The van der Waals surface area contributed by atoms with E-state index in [-0.39, 0.29) is 35.3 Å². The molecule has 0 aromatic heterocycles. The fourth-order valence-electron chi connectivity index (χ4n) is 2.42. The molecule has 0 aliphatic rings. The number of methoxy groups -OCH3 is 2. The van der Waals surface area contributed by atoms with Crippen molar-refractivity contribution in [3.8, 4) is 17.2 Å². The first kappa shape index (κ1) is 20.6. The molecule has 0 spiro atoms. The van der Waals surface area contributed by atoms with Gasteiger partial charge in [0, 0.05) is 12.6 Å². The molecule has 0 bridgehead atoms. The van der Waals surface area contributed by atoms with E-state index in [9.17, 15) is 14.4 Å². The SMILES string of the molecule is CNC(=O)c1ccccc1NC(=O)c1cc(OC)c(OCC(N)=O)c(OC)c1. The van der Waals surface area contributed by atoms with Crippen LogP contribution in [0.3, 0.4) is 0 Å². The Kier molecular flexibility index (Phi) is 6.80. The summed E-state index contributed by atoms with van der Waals surface area (Å²) >= 11 is 0. The highest BCUT2D eigenvalue weighted by Gasteiger charge is 2.19. The van der Waals surface area contributed by atoms with Crippen LogP contribution in [0.4, 0.5) is 5.69 Å². The first-order chi connectivity index (χ1) is 13.4. The second-order valence-electron chi connectivity index (χ2n) is 5.54. The molecular formula is C19H21N3O6. The number of primary amides is 1. The Morgan fingerprint density at radius 3 is 2.14 bits per heavy atom. The number of nitrogens with two attached hydrogens (primary N) is 1. The van der Waals surface area contributed by atoms with Gasteiger partial charge in [0.25, 0.3) is 17.7 Å². The van der Waals surface area contributed by atoms with Crippen LogP contribution in [0.1, 0.15) is 20.7 Å². The van der Waals surface area contributed by atoms with E-state index < -0.39 is 11.8 Å². The van der Waals surface area contributed by atoms with Crippen molar-refractivity contribution in [3.63, 3.8) is 0 Å². The Hall–Kier alpha value is -3.75. The molecular weight excluding hydrogens is 366 g/mol. The maximum Gasteiger partial charge on any atom is 0.255 e. The molecule has 0 aliphatic carbocycles. The Bertz CT molecular complexity index is 872. The summed E-state index contributed by atoms with van der Waals surface area (Å²) in [4.78, 5) is 35.7. The predicted molar refractivity (Wildman–Crippen MR) is 102 cm³/mol. The van der Waals surface area contributed by atoms with E-state index in [1.165, 1.54) is 33.4 Å². The summed E-state index contributed by atoms with van der Waals surface area (Å²) in [6.45, 7) is -0.377. The van der Waals surface area contributed by atoms with E-state index in [1.54, 1.807) is 24.3 Å². The molecule has 0 saturated heterocycles. The highest BCUT2D eigenvalue weighted by atomic mass is 16.5. The number of benzene rings is 2. The largest absolute Gasteiger partial charge is 0.493 e. The summed E-state index contributed by atoms with van der Waals surface area (Å²) in [6, 6.07) is 9.45. The monoisotopic (exact) mass is 387 g/mol. The number of carbonyl (C=O) groups excluding carboxylic acids is 3. The molecule has 0 aliphatic heterocycles. The van der Waals surface area contributed by atoms with Gasteiger partial charge in [-0.15, -0.1) is 0 Å². The minimum Gasteiger partial charge on any atom is -0.493 e. The molecule has 0 atom stereocenters. The summed E-state index contributed by atoms with van der Waals surface area (Å²) < 4.78 is 15.8. The van der Waals surface area contributed by atoms with E-state index in [0.29, 0.717) is 11.3 Å². The first-order valence-corrected chi connectivity index (χ1v) is 8.20. The number of carbonyl (C=O) groups is 3. The lowest BCUT2D eigenvalue weighted by atomic mass is 10.1. The van der Waals surface area contributed by atoms with Crippen molar-refractivity contribution in [1.82, 2.24) is 5.32 Å². The van der Waals surface area contributed by atoms with Crippen molar-refractivity contribution < 1.29 is 28.6 Å². The van der Waals surface area contributed by atoms with Gasteiger partial charge >= 0.3 is 0 Å². The molecule has 2 rings (SSSR count). The summed E-state index contributed by atoms with van der Waals surface area (Å²) in [6.07, 6.45) is 0. The highest BCUT2D eigenvalue weighted by molar-refractivity contribution is 6.09. The Morgan fingerprint density at radius 1 is 1.00 bits per heavy atom. The topological polar surface area (TPSA) is 129 Å². The van der Waals surface area contributed by atoms with Crippen LogP contribution >= 0.6 is 0 Å². The standard InChI is InChI=1S/C19H21N3O6/c1-21-19(25)12-6-4-5-7-13(12)22-18(24)11-8-14(26-2)17(15(9-11)27-3)28-10-16(20)23/h4-9H,10H2,1-3H3,(H2,20,23)(H,21,25)(H,22,24). The van der Waals surface area contributed by atoms with E-state index in [2.05, 4.69) is 10.6 Å². The summed E-state index contributed by atoms with van der Waals surface area (Å²) in [5, 5.41) is 5.21. The number of hydrogen-bond donors (Lipinski definition) is 3. The third-order valence-electron chi connectivity index (χ3n) is 3.73. The van der Waals surface area contributed by atoms with E-state index in [4.69, 9.17) is 19.9 Å². The van der Waals surface area contributed by atoms with Crippen LogP contribution in [0.5, 0.6) is 17.2 Å². The maximum atomic E-state index is 12.7. The van der Waals surface area contributed by atoms with Gasteiger partial charge in [-0.1, -0.05) is 12.1 Å². The van der Waals surface area contributed by atoms with Crippen LogP contribution < -0.4 is 30.6 Å². The Balaban J connectivity index is 2.36. The molecule has 0 unspecified atom stereocenters. The number of nitrogens with one attached hydrogen (secondary N) is 2.